The molecule has 6 N–H and O–H groups in total. The molecule has 0 saturated carbocycles. The molecule has 0 amide bonds. The number of pyridine rings is 2. The monoisotopic (exact) mass is 408 g/mol. The fraction of sp³-hybridized carbons (Fsp3) is 0.100. The summed E-state index contributed by atoms with van der Waals surface area (Å²) in [7, 11) is 0. The summed E-state index contributed by atoms with van der Waals surface area (Å²) in [6.07, 6.45) is 0. The molecule has 148 valence electrons. The van der Waals surface area contributed by atoms with Gasteiger partial charge >= 0.3 is 0 Å². The molecule has 29 heavy (non-hydrogen) atoms. The van der Waals surface area contributed by atoms with E-state index in [1.807, 2.05) is 43.3 Å². The number of fused-ring (bicyclic) bond motifs is 2. The average molecular weight is 409 g/mol. The number of benzene rings is 2. The van der Waals surface area contributed by atoms with Crippen LogP contribution < -0.4 is 34.3 Å². The van der Waals surface area contributed by atoms with Crippen LogP contribution in [0.4, 0.5) is 28.7 Å². The van der Waals surface area contributed by atoms with E-state index in [0.29, 0.717) is 29.5 Å². The molecule has 0 bridgehead atoms. The van der Waals surface area contributed by atoms with Gasteiger partial charge in [0.25, 0.3) is 0 Å². The zero-order valence-electron chi connectivity index (χ0n) is 15.6. The van der Waals surface area contributed by atoms with Crippen molar-refractivity contribution in [1.82, 2.24) is 9.97 Å². The highest BCUT2D eigenvalue weighted by atomic mass is 35.5. The summed E-state index contributed by atoms with van der Waals surface area (Å²) in [5.41, 5.74) is 21.0. The first-order valence-corrected chi connectivity index (χ1v) is 8.74. The molecule has 0 atom stereocenters. The third-order valence-electron chi connectivity index (χ3n) is 4.28. The number of anilines is 3. The van der Waals surface area contributed by atoms with Gasteiger partial charge in [0, 0.05) is 10.8 Å². The predicted molar refractivity (Wildman–Crippen MR) is 112 cm³/mol. The summed E-state index contributed by atoms with van der Waals surface area (Å²) >= 11 is 0. The highest BCUT2D eigenvalue weighted by Crippen LogP contribution is 2.33. The van der Waals surface area contributed by atoms with Crippen LogP contribution in [-0.4, -0.2) is 16.6 Å². The Balaban J connectivity index is 0.00000240. The highest BCUT2D eigenvalue weighted by molar-refractivity contribution is 6.07. The Bertz CT molecular complexity index is 1230. The van der Waals surface area contributed by atoms with E-state index in [2.05, 4.69) is 15.2 Å². The normalized spacial score (nSPS) is 11.1. The fourth-order valence-electron chi connectivity index (χ4n) is 2.94. The second-order valence-corrected chi connectivity index (χ2v) is 6.18. The van der Waals surface area contributed by atoms with Crippen molar-refractivity contribution in [2.45, 2.75) is 6.92 Å². The summed E-state index contributed by atoms with van der Waals surface area (Å²) in [6.45, 7) is 2.53. The van der Waals surface area contributed by atoms with E-state index < -0.39 is 0 Å². The number of rotatable bonds is 4. The lowest BCUT2D eigenvalue weighted by Crippen LogP contribution is -3.00. The van der Waals surface area contributed by atoms with Crippen LogP contribution >= 0.6 is 0 Å². The molecular weight excluding hydrogens is 390 g/mol. The van der Waals surface area contributed by atoms with Gasteiger partial charge in [0.2, 0.25) is 0 Å². The van der Waals surface area contributed by atoms with Crippen LogP contribution in [0, 0.1) is 0 Å². The largest absolute Gasteiger partial charge is 1.00 e. The Kier molecular flexibility index (Phi) is 5.65. The van der Waals surface area contributed by atoms with Crippen molar-refractivity contribution in [3.63, 3.8) is 0 Å². The van der Waals surface area contributed by atoms with Crippen LogP contribution in [0.2, 0.25) is 0 Å². The Morgan fingerprint density at radius 2 is 1.69 bits per heavy atom. The molecular formula is C20H19ClN7O-. The van der Waals surface area contributed by atoms with Crippen LogP contribution in [0.1, 0.15) is 6.92 Å². The number of nitrogen functional groups attached to an aromatic ring is 3. The van der Waals surface area contributed by atoms with Crippen molar-refractivity contribution in [2.75, 3.05) is 23.8 Å². The van der Waals surface area contributed by atoms with E-state index in [1.165, 1.54) is 0 Å². The van der Waals surface area contributed by atoms with Crippen LogP contribution in [0.3, 0.4) is 0 Å². The lowest BCUT2D eigenvalue weighted by atomic mass is 10.1. The van der Waals surface area contributed by atoms with E-state index in [0.717, 1.165) is 27.6 Å². The number of nitrogens with two attached hydrogens (primary N) is 3. The van der Waals surface area contributed by atoms with Gasteiger partial charge in [0.1, 0.15) is 17.3 Å². The SMILES string of the molecule is CCOc1ccc2nc3cc(N=Nc4ccc(N)nc4N)ccc3c(N)c2c1.[Cl-]. The molecule has 4 aromatic rings. The van der Waals surface area contributed by atoms with Crippen LogP contribution in [0.15, 0.2) is 58.8 Å². The van der Waals surface area contributed by atoms with Crippen LogP contribution in [0.25, 0.3) is 21.8 Å². The molecule has 0 aliphatic heterocycles. The van der Waals surface area contributed by atoms with Crippen molar-refractivity contribution in [3.8, 4) is 5.75 Å². The molecule has 0 saturated heterocycles. The van der Waals surface area contributed by atoms with Gasteiger partial charge in [-0.05, 0) is 55.5 Å². The molecule has 0 radical (unpaired) electrons. The van der Waals surface area contributed by atoms with Crippen molar-refractivity contribution >= 4 is 50.5 Å². The Morgan fingerprint density at radius 1 is 0.862 bits per heavy atom. The van der Waals surface area contributed by atoms with E-state index >= 15 is 0 Å². The molecule has 0 aliphatic carbocycles. The van der Waals surface area contributed by atoms with Gasteiger partial charge in [-0.1, -0.05) is 0 Å². The van der Waals surface area contributed by atoms with E-state index in [-0.39, 0.29) is 18.2 Å². The van der Waals surface area contributed by atoms with Gasteiger partial charge in [-0.3, -0.25) is 0 Å². The van der Waals surface area contributed by atoms with E-state index in [4.69, 9.17) is 26.9 Å². The molecule has 0 fully saturated rings. The second kappa shape index (κ2) is 8.15. The van der Waals surface area contributed by atoms with E-state index in [9.17, 15) is 0 Å². The van der Waals surface area contributed by atoms with E-state index in [1.54, 1.807) is 12.1 Å². The molecule has 9 heteroatoms. The predicted octanol–water partition coefficient (Wildman–Crippen LogP) is 1.35. The van der Waals surface area contributed by atoms with Gasteiger partial charge in [-0.2, -0.15) is 5.11 Å². The zero-order chi connectivity index (χ0) is 19.7. The number of ether oxygens (including phenoxy) is 1. The molecule has 2 aromatic heterocycles. The maximum absolute atomic E-state index is 6.38. The lowest BCUT2D eigenvalue weighted by Gasteiger charge is -2.09. The van der Waals surface area contributed by atoms with Gasteiger partial charge < -0.3 is 34.3 Å². The van der Waals surface area contributed by atoms with Gasteiger partial charge in [0.15, 0.2) is 5.82 Å². The smallest absolute Gasteiger partial charge is 0.153 e. The molecule has 2 heterocycles. The van der Waals surface area contributed by atoms with Crippen LogP contribution in [0.5, 0.6) is 5.75 Å². The van der Waals surface area contributed by atoms with Crippen molar-refractivity contribution in [3.05, 3.63) is 48.5 Å². The molecule has 8 nitrogen and oxygen atoms in total. The quantitative estimate of drug-likeness (QED) is 0.344. The van der Waals surface area contributed by atoms with Gasteiger partial charge in [-0.15, -0.1) is 5.11 Å². The third-order valence-corrected chi connectivity index (χ3v) is 4.28. The Hall–Kier alpha value is -3.65. The maximum Gasteiger partial charge on any atom is 0.153 e. The first-order valence-electron chi connectivity index (χ1n) is 8.74. The summed E-state index contributed by atoms with van der Waals surface area (Å²) in [5, 5.41) is 10.1. The number of hydrogen-bond acceptors (Lipinski definition) is 8. The first kappa shape index (κ1) is 20.1. The first-order chi connectivity index (χ1) is 13.5. The number of aromatic nitrogens is 2. The van der Waals surface area contributed by atoms with Gasteiger partial charge in [0.05, 0.1) is 29.0 Å². The minimum atomic E-state index is 0. The standard InChI is InChI=1S/C20H19N7O.ClH/c1-2-28-12-4-6-15-14(10-12)19(22)13-5-3-11(9-17(13)24-15)26-27-16-7-8-18(21)25-20(16)23;/h3-10H,2H2,1H3,(H2,22,24)(H4,21,23,25);1H/p-1. The topological polar surface area (TPSA) is 138 Å². The second-order valence-electron chi connectivity index (χ2n) is 6.18. The average Bonchev–Trinajstić information content (AvgIpc) is 2.68. The molecule has 0 unspecified atom stereocenters. The zero-order valence-corrected chi connectivity index (χ0v) is 16.4. The summed E-state index contributed by atoms with van der Waals surface area (Å²) < 4.78 is 5.56. The fourth-order valence-corrected chi connectivity index (χ4v) is 2.94. The van der Waals surface area contributed by atoms with Crippen molar-refractivity contribution in [2.24, 2.45) is 10.2 Å². The van der Waals surface area contributed by atoms with Crippen molar-refractivity contribution in [1.29, 1.82) is 0 Å². The Morgan fingerprint density at radius 3 is 2.45 bits per heavy atom. The minimum absolute atomic E-state index is 0. The minimum Gasteiger partial charge on any atom is -1.00 e. The number of nitrogens with zero attached hydrogens (tertiary/aromatic N) is 4. The maximum atomic E-state index is 6.38. The summed E-state index contributed by atoms with van der Waals surface area (Å²) in [6, 6.07) is 14.5. The number of azo groups is 1. The van der Waals surface area contributed by atoms with Crippen molar-refractivity contribution < 1.29 is 17.1 Å². The molecule has 0 aliphatic rings. The van der Waals surface area contributed by atoms with Gasteiger partial charge in [-0.25, -0.2) is 9.97 Å². The van der Waals surface area contributed by atoms with Crippen LogP contribution in [-0.2, 0) is 0 Å². The third kappa shape index (κ3) is 3.97. The Labute approximate surface area is 173 Å². The summed E-state index contributed by atoms with van der Waals surface area (Å²) in [5.74, 6) is 1.33. The lowest BCUT2D eigenvalue weighted by molar-refractivity contribution is -0.00000644. The number of halogens is 1. The molecule has 0 spiro atoms. The highest BCUT2D eigenvalue weighted by Gasteiger charge is 2.09. The summed E-state index contributed by atoms with van der Waals surface area (Å²) in [4.78, 5) is 8.66. The molecule has 2 aromatic carbocycles. The molecule has 4 rings (SSSR count). The number of hydrogen-bond donors (Lipinski definition) is 3.